The zero-order valence-electron chi connectivity index (χ0n) is 15.5. The van der Waals surface area contributed by atoms with E-state index in [4.69, 9.17) is 9.47 Å². The fourth-order valence-corrected chi connectivity index (χ4v) is 4.26. The minimum atomic E-state index is -0.129. The molecule has 1 N–H and O–H groups in total. The first-order valence-corrected chi connectivity index (χ1v) is 9.73. The van der Waals surface area contributed by atoms with Crippen LogP contribution in [0.15, 0.2) is 24.5 Å². The van der Waals surface area contributed by atoms with Crippen LogP contribution in [-0.4, -0.2) is 41.1 Å². The first-order valence-electron chi connectivity index (χ1n) is 9.73. The van der Waals surface area contributed by atoms with Crippen LogP contribution in [-0.2, 0) is 24.1 Å². The molecule has 1 aliphatic heterocycles. The van der Waals surface area contributed by atoms with E-state index in [0.29, 0.717) is 19.8 Å². The molecular weight excluding hydrogens is 328 g/mol. The molecule has 0 atom stereocenters. The van der Waals surface area contributed by atoms with Crippen molar-refractivity contribution in [3.05, 3.63) is 35.7 Å². The molecule has 0 amide bonds. The fraction of sp³-hybridized carbons (Fsp3) is 0.571. The van der Waals surface area contributed by atoms with Gasteiger partial charge in [0.05, 0.1) is 18.8 Å². The van der Waals surface area contributed by atoms with Crippen LogP contribution in [0.4, 0.5) is 0 Å². The third kappa shape index (κ3) is 3.26. The second-order valence-corrected chi connectivity index (χ2v) is 7.55. The molecule has 1 fully saturated rings. The highest BCUT2D eigenvalue weighted by atomic mass is 16.5. The van der Waals surface area contributed by atoms with Crippen molar-refractivity contribution in [1.82, 2.24) is 9.55 Å². The highest BCUT2D eigenvalue weighted by Gasteiger charge is 2.33. The van der Waals surface area contributed by atoms with Gasteiger partial charge in [-0.3, -0.25) is 0 Å². The summed E-state index contributed by atoms with van der Waals surface area (Å²) in [7, 11) is 0. The Bertz CT molecular complexity index is 763. The Hall–Kier alpha value is -1.85. The minimum absolute atomic E-state index is 0.129. The van der Waals surface area contributed by atoms with E-state index < -0.39 is 0 Å². The molecule has 2 aliphatic rings. The normalized spacial score (nSPS) is 18.7. The van der Waals surface area contributed by atoms with Crippen LogP contribution in [0.3, 0.4) is 0 Å². The third-order valence-corrected chi connectivity index (χ3v) is 5.84. The first-order chi connectivity index (χ1) is 12.7. The zero-order chi connectivity index (χ0) is 18.0. The summed E-state index contributed by atoms with van der Waals surface area (Å²) in [5.41, 5.74) is 3.76. The van der Waals surface area contributed by atoms with Gasteiger partial charge in [-0.15, -0.1) is 0 Å². The van der Waals surface area contributed by atoms with E-state index in [1.54, 1.807) is 0 Å². The molecule has 0 radical (unpaired) electrons. The van der Waals surface area contributed by atoms with E-state index in [2.05, 4.69) is 21.7 Å². The maximum Gasteiger partial charge on any atom is 0.143 e. The van der Waals surface area contributed by atoms with Gasteiger partial charge >= 0.3 is 0 Å². The number of ether oxygens (including phenoxy) is 2. The number of hydrogen-bond donors (Lipinski definition) is 1. The lowest BCUT2D eigenvalue weighted by Crippen LogP contribution is -2.37. The molecule has 0 bridgehead atoms. The summed E-state index contributed by atoms with van der Waals surface area (Å²) >= 11 is 0. The number of aryl methyl sites for hydroxylation is 2. The van der Waals surface area contributed by atoms with Gasteiger partial charge in [0, 0.05) is 37.6 Å². The molecule has 1 aromatic heterocycles. The van der Waals surface area contributed by atoms with Crippen LogP contribution in [0, 0.1) is 5.41 Å². The topological polar surface area (TPSA) is 56.5 Å². The van der Waals surface area contributed by atoms with Crippen molar-refractivity contribution in [2.75, 3.05) is 26.4 Å². The number of benzene rings is 1. The molecule has 4 rings (SSSR count). The standard InChI is InChI=1S/C21H28N2O3/c1-2-26-19-13-17-5-3-4-16(17)12-18(19)20-22-8-9-23(20)14-21(15-24)6-10-25-11-7-21/h8-9,12-13,24H,2-7,10-11,14-15H2,1H3. The number of aromatic nitrogens is 2. The molecule has 140 valence electrons. The molecule has 5 heteroatoms. The monoisotopic (exact) mass is 356 g/mol. The van der Waals surface area contributed by atoms with Gasteiger partial charge in [0.1, 0.15) is 11.6 Å². The number of imidazole rings is 1. The number of aliphatic hydroxyl groups excluding tert-OH is 1. The molecule has 2 heterocycles. The van der Waals surface area contributed by atoms with Crippen molar-refractivity contribution < 1.29 is 14.6 Å². The second kappa shape index (κ2) is 7.41. The summed E-state index contributed by atoms with van der Waals surface area (Å²) in [6.07, 6.45) is 9.11. The summed E-state index contributed by atoms with van der Waals surface area (Å²) < 4.78 is 13.6. The van der Waals surface area contributed by atoms with Crippen LogP contribution in [0.25, 0.3) is 11.4 Å². The van der Waals surface area contributed by atoms with E-state index in [9.17, 15) is 5.11 Å². The summed E-state index contributed by atoms with van der Waals surface area (Å²) in [4.78, 5) is 4.66. The molecule has 2 aromatic rings. The lowest BCUT2D eigenvalue weighted by molar-refractivity contribution is -0.0250. The first kappa shape index (κ1) is 17.6. The highest BCUT2D eigenvalue weighted by molar-refractivity contribution is 5.67. The van der Waals surface area contributed by atoms with Crippen LogP contribution in [0.1, 0.15) is 37.3 Å². The molecule has 5 nitrogen and oxygen atoms in total. The Kier molecular flexibility index (Phi) is 5.00. The van der Waals surface area contributed by atoms with Gasteiger partial charge in [0.15, 0.2) is 0 Å². The van der Waals surface area contributed by atoms with Crippen molar-refractivity contribution in [2.24, 2.45) is 5.41 Å². The largest absolute Gasteiger partial charge is 0.493 e. The van der Waals surface area contributed by atoms with Gasteiger partial charge in [0.25, 0.3) is 0 Å². The van der Waals surface area contributed by atoms with Crippen molar-refractivity contribution >= 4 is 0 Å². The van der Waals surface area contributed by atoms with Crippen molar-refractivity contribution in [1.29, 1.82) is 0 Å². The van der Waals surface area contributed by atoms with E-state index in [1.807, 2.05) is 19.3 Å². The lowest BCUT2D eigenvalue weighted by Gasteiger charge is -2.36. The van der Waals surface area contributed by atoms with Gasteiger partial charge in [-0.2, -0.15) is 0 Å². The highest BCUT2D eigenvalue weighted by Crippen LogP contribution is 2.38. The molecule has 0 saturated carbocycles. The maximum atomic E-state index is 10.1. The van der Waals surface area contributed by atoms with Crippen LogP contribution < -0.4 is 4.74 Å². The summed E-state index contributed by atoms with van der Waals surface area (Å²) in [5.74, 6) is 1.85. The van der Waals surface area contributed by atoms with E-state index in [0.717, 1.165) is 49.4 Å². The number of hydrogen-bond acceptors (Lipinski definition) is 4. The SMILES string of the molecule is CCOc1cc2c(cc1-c1nccn1CC1(CO)CCOCC1)CCC2. The van der Waals surface area contributed by atoms with Gasteiger partial charge in [-0.25, -0.2) is 4.98 Å². The molecule has 1 aromatic carbocycles. The van der Waals surface area contributed by atoms with E-state index in [-0.39, 0.29) is 12.0 Å². The lowest BCUT2D eigenvalue weighted by atomic mass is 9.81. The number of rotatable bonds is 6. The van der Waals surface area contributed by atoms with E-state index >= 15 is 0 Å². The Morgan fingerprint density at radius 1 is 1.23 bits per heavy atom. The van der Waals surface area contributed by atoms with Crippen LogP contribution in [0.2, 0.25) is 0 Å². The van der Waals surface area contributed by atoms with Gasteiger partial charge in [0.2, 0.25) is 0 Å². The molecule has 1 saturated heterocycles. The van der Waals surface area contributed by atoms with Gasteiger partial charge in [-0.05, 0) is 62.3 Å². The summed E-state index contributed by atoms with van der Waals surface area (Å²) in [5, 5.41) is 10.1. The average Bonchev–Trinajstić information content (AvgIpc) is 3.31. The Labute approximate surface area is 155 Å². The van der Waals surface area contributed by atoms with Crippen molar-refractivity contribution in [3.63, 3.8) is 0 Å². The van der Waals surface area contributed by atoms with Crippen molar-refractivity contribution in [3.8, 4) is 17.1 Å². The Morgan fingerprint density at radius 2 is 2.00 bits per heavy atom. The third-order valence-electron chi connectivity index (χ3n) is 5.84. The van der Waals surface area contributed by atoms with Gasteiger partial charge in [-0.1, -0.05) is 0 Å². The second-order valence-electron chi connectivity index (χ2n) is 7.55. The Morgan fingerprint density at radius 3 is 2.73 bits per heavy atom. The molecule has 1 aliphatic carbocycles. The fourth-order valence-electron chi connectivity index (χ4n) is 4.26. The average molecular weight is 356 g/mol. The van der Waals surface area contributed by atoms with Crippen molar-refractivity contribution in [2.45, 2.75) is 45.6 Å². The summed E-state index contributed by atoms with van der Waals surface area (Å²) in [6.45, 7) is 5.03. The van der Waals surface area contributed by atoms with E-state index in [1.165, 1.54) is 17.5 Å². The number of aliphatic hydroxyl groups is 1. The number of fused-ring (bicyclic) bond motifs is 1. The van der Waals surface area contributed by atoms with Gasteiger partial charge < -0.3 is 19.1 Å². The predicted molar refractivity (Wildman–Crippen MR) is 100 cm³/mol. The predicted octanol–water partition coefficient (Wildman–Crippen LogP) is 3.23. The number of nitrogens with zero attached hydrogens (tertiary/aromatic N) is 2. The molecule has 0 spiro atoms. The Balaban J connectivity index is 1.70. The minimum Gasteiger partial charge on any atom is -0.493 e. The van der Waals surface area contributed by atoms with Crippen LogP contribution in [0.5, 0.6) is 5.75 Å². The summed E-state index contributed by atoms with van der Waals surface area (Å²) in [6, 6.07) is 4.47. The quantitative estimate of drug-likeness (QED) is 0.863. The smallest absolute Gasteiger partial charge is 0.143 e. The molecular formula is C21H28N2O3. The van der Waals surface area contributed by atoms with Crippen LogP contribution >= 0.6 is 0 Å². The molecule has 26 heavy (non-hydrogen) atoms. The zero-order valence-corrected chi connectivity index (χ0v) is 15.5. The maximum absolute atomic E-state index is 10.1. The molecule has 0 unspecified atom stereocenters.